The van der Waals surface area contributed by atoms with E-state index in [9.17, 15) is 20.1 Å². The summed E-state index contributed by atoms with van der Waals surface area (Å²) in [5.74, 6) is 0. The van der Waals surface area contributed by atoms with Crippen LogP contribution in [0.5, 0.6) is 0 Å². The van der Waals surface area contributed by atoms with Crippen LogP contribution in [-0.4, -0.2) is 51.9 Å². The average Bonchev–Trinajstić information content (AvgIpc) is 2.64. The molecule has 0 saturated carbocycles. The van der Waals surface area contributed by atoms with Crippen LogP contribution < -0.4 is 5.32 Å². The lowest BCUT2D eigenvalue weighted by Crippen LogP contribution is -2.47. The van der Waals surface area contributed by atoms with E-state index in [0.29, 0.717) is 12.8 Å². The Morgan fingerprint density at radius 1 is 0.862 bits per heavy atom. The SMILES string of the molecule is CCCCCCCCCCCC[C@H](O)CC[C@@H](O)[C@@H](CO)NC(=O)OC(C)(C)C. The fraction of sp³-hybridized carbons (Fsp3) is 0.957. The quantitative estimate of drug-likeness (QED) is 0.257. The van der Waals surface area contributed by atoms with Gasteiger partial charge in [0, 0.05) is 0 Å². The summed E-state index contributed by atoms with van der Waals surface area (Å²) in [4.78, 5) is 11.8. The number of carbonyl (C=O) groups excluding carboxylic acids is 1. The molecule has 4 N–H and O–H groups in total. The van der Waals surface area contributed by atoms with Gasteiger partial charge in [-0.05, 0) is 40.0 Å². The van der Waals surface area contributed by atoms with Crippen LogP contribution in [0.4, 0.5) is 4.79 Å². The molecule has 0 aromatic rings. The molecular weight excluding hydrogens is 370 g/mol. The second kappa shape index (κ2) is 16.9. The zero-order valence-corrected chi connectivity index (χ0v) is 19.3. The second-order valence-corrected chi connectivity index (χ2v) is 9.20. The molecule has 0 rings (SSSR count). The van der Waals surface area contributed by atoms with E-state index in [0.717, 1.165) is 19.3 Å². The molecule has 0 heterocycles. The van der Waals surface area contributed by atoms with Crippen molar-refractivity contribution >= 4 is 6.09 Å². The lowest BCUT2D eigenvalue weighted by atomic mass is 10.00. The Labute approximate surface area is 178 Å². The van der Waals surface area contributed by atoms with E-state index in [4.69, 9.17) is 4.74 Å². The van der Waals surface area contributed by atoms with Crippen molar-refractivity contribution in [3.8, 4) is 0 Å². The van der Waals surface area contributed by atoms with E-state index in [-0.39, 0.29) is 6.61 Å². The summed E-state index contributed by atoms with van der Waals surface area (Å²) < 4.78 is 5.14. The zero-order valence-electron chi connectivity index (χ0n) is 19.3. The second-order valence-electron chi connectivity index (χ2n) is 9.20. The molecule has 0 bridgehead atoms. The predicted octanol–water partition coefficient (Wildman–Crippen LogP) is 4.69. The first-order valence-corrected chi connectivity index (χ1v) is 11.7. The lowest BCUT2D eigenvalue weighted by Gasteiger charge is -2.26. The van der Waals surface area contributed by atoms with Gasteiger partial charge < -0.3 is 25.4 Å². The van der Waals surface area contributed by atoms with Crippen LogP contribution in [0.3, 0.4) is 0 Å². The summed E-state index contributed by atoms with van der Waals surface area (Å²) >= 11 is 0. The molecule has 29 heavy (non-hydrogen) atoms. The number of hydrogen-bond acceptors (Lipinski definition) is 5. The largest absolute Gasteiger partial charge is 0.444 e. The van der Waals surface area contributed by atoms with Crippen molar-refractivity contribution in [2.75, 3.05) is 6.61 Å². The molecule has 6 nitrogen and oxygen atoms in total. The topological polar surface area (TPSA) is 99.0 Å². The molecule has 0 radical (unpaired) electrons. The first kappa shape index (κ1) is 28.1. The van der Waals surface area contributed by atoms with E-state index in [1.807, 2.05) is 0 Å². The van der Waals surface area contributed by atoms with E-state index in [1.54, 1.807) is 20.8 Å². The van der Waals surface area contributed by atoms with E-state index < -0.39 is 29.9 Å². The number of amides is 1. The number of ether oxygens (including phenoxy) is 1. The molecule has 0 aromatic heterocycles. The monoisotopic (exact) mass is 417 g/mol. The maximum absolute atomic E-state index is 11.8. The van der Waals surface area contributed by atoms with E-state index >= 15 is 0 Å². The van der Waals surface area contributed by atoms with Crippen molar-refractivity contribution in [3.63, 3.8) is 0 Å². The smallest absolute Gasteiger partial charge is 0.408 e. The maximum atomic E-state index is 11.8. The highest BCUT2D eigenvalue weighted by molar-refractivity contribution is 5.68. The van der Waals surface area contributed by atoms with Crippen molar-refractivity contribution in [2.45, 2.75) is 135 Å². The molecule has 0 aliphatic rings. The van der Waals surface area contributed by atoms with Gasteiger partial charge in [-0.25, -0.2) is 4.79 Å². The minimum Gasteiger partial charge on any atom is -0.444 e. The molecular formula is C23H47NO5. The third-order valence-electron chi connectivity index (χ3n) is 5.05. The average molecular weight is 418 g/mol. The first-order chi connectivity index (χ1) is 13.7. The van der Waals surface area contributed by atoms with Gasteiger partial charge >= 0.3 is 6.09 Å². The summed E-state index contributed by atoms with van der Waals surface area (Å²) in [6.07, 6.45) is 12.1. The standard InChI is InChI=1S/C23H47NO5/c1-5-6-7-8-9-10-11-12-13-14-15-19(26)16-17-21(27)20(18-25)24-22(28)29-23(2,3)4/h19-21,25-27H,5-18H2,1-4H3,(H,24,28)/t19-,20+,21+/m0/s1. The van der Waals surface area contributed by atoms with Crippen LogP contribution >= 0.6 is 0 Å². The Balaban J connectivity index is 3.80. The molecule has 0 aliphatic carbocycles. The van der Waals surface area contributed by atoms with E-state index in [1.165, 1.54) is 51.4 Å². The summed E-state index contributed by atoms with van der Waals surface area (Å²) in [5.41, 5.74) is -0.639. The van der Waals surface area contributed by atoms with Crippen LogP contribution in [0, 0.1) is 0 Å². The van der Waals surface area contributed by atoms with Crippen molar-refractivity contribution < 1.29 is 24.9 Å². The predicted molar refractivity (Wildman–Crippen MR) is 118 cm³/mol. The number of carbonyl (C=O) groups is 1. The van der Waals surface area contributed by atoms with Gasteiger partial charge in [-0.1, -0.05) is 71.1 Å². The Kier molecular flexibility index (Phi) is 16.4. The summed E-state index contributed by atoms with van der Waals surface area (Å²) in [5, 5.41) is 32.2. The van der Waals surface area contributed by atoms with Crippen molar-refractivity contribution in [2.24, 2.45) is 0 Å². The number of aliphatic hydroxyl groups is 3. The number of aliphatic hydroxyl groups excluding tert-OH is 3. The van der Waals surface area contributed by atoms with Crippen molar-refractivity contribution in [1.82, 2.24) is 5.32 Å². The molecule has 1 amide bonds. The lowest BCUT2D eigenvalue weighted by molar-refractivity contribution is 0.0299. The van der Waals surface area contributed by atoms with Crippen molar-refractivity contribution in [3.05, 3.63) is 0 Å². The molecule has 6 heteroatoms. The minimum absolute atomic E-state index is 0.319. The molecule has 0 fully saturated rings. The third kappa shape index (κ3) is 17.7. The number of alkyl carbamates (subject to hydrolysis) is 1. The Morgan fingerprint density at radius 2 is 1.38 bits per heavy atom. The van der Waals surface area contributed by atoms with Gasteiger partial charge in [0.25, 0.3) is 0 Å². The van der Waals surface area contributed by atoms with Gasteiger partial charge in [0.2, 0.25) is 0 Å². The molecule has 3 atom stereocenters. The Morgan fingerprint density at radius 3 is 1.86 bits per heavy atom. The molecule has 0 aromatic carbocycles. The summed E-state index contributed by atoms with van der Waals surface area (Å²) in [6.45, 7) is 7.11. The van der Waals surface area contributed by atoms with Gasteiger partial charge in [-0.3, -0.25) is 0 Å². The van der Waals surface area contributed by atoms with Crippen molar-refractivity contribution in [1.29, 1.82) is 0 Å². The molecule has 0 aliphatic heterocycles. The summed E-state index contributed by atoms with van der Waals surface area (Å²) in [6, 6.07) is -0.797. The van der Waals surface area contributed by atoms with Gasteiger partial charge in [0.15, 0.2) is 0 Å². The molecule has 0 spiro atoms. The van der Waals surface area contributed by atoms with Crippen LogP contribution in [-0.2, 0) is 4.74 Å². The van der Waals surface area contributed by atoms with Crippen LogP contribution in [0.25, 0.3) is 0 Å². The van der Waals surface area contributed by atoms with Crippen LogP contribution in [0.15, 0.2) is 0 Å². The fourth-order valence-corrected chi connectivity index (χ4v) is 3.30. The number of nitrogens with one attached hydrogen (secondary N) is 1. The van der Waals surface area contributed by atoms with Crippen LogP contribution in [0.1, 0.15) is 111 Å². The Hall–Kier alpha value is -0.850. The van der Waals surface area contributed by atoms with Gasteiger partial charge in [-0.15, -0.1) is 0 Å². The number of hydrogen-bond donors (Lipinski definition) is 4. The van der Waals surface area contributed by atoms with E-state index in [2.05, 4.69) is 12.2 Å². The minimum atomic E-state index is -0.921. The van der Waals surface area contributed by atoms with Gasteiger partial charge in [0.05, 0.1) is 24.9 Å². The zero-order chi connectivity index (χ0) is 22.1. The number of rotatable bonds is 17. The highest BCUT2D eigenvalue weighted by Crippen LogP contribution is 2.15. The highest BCUT2D eigenvalue weighted by Gasteiger charge is 2.24. The molecule has 0 unspecified atom stereocenters. The fourth-order valence-electron chi connectivity index (χ4n) is 3.30. The Bertz CT molecular complexity index is 397. The molecule has 0 saturated heterocycles. The highest BCUT2D eigenvalue weighted by atomic mass is 16.6. The third-order valence-corrected chi connectivity index (χ3v) is 5.05. The van der Waals surface area contributed by atoms with Gasteiger partial charge in [0.1, 0.15) is 5.60 Å². The number of unbranched alkanes of at least 4 members (excludes halogenated alkanes) is 9. The van der Waals surface area contributed by atoms with Crippen LogP contribution in [0.2, 0.25) is 0 Å². The van der Waals surface area contributed by atoms with Gasteiger partial charge in [-0.2, -0.15) is 0 Å². The molecule has 174 valence electrons. The summed E-state index contributed by atoms with van der Waals surface area (Å²) in [7, 11) is 0. The normalized spacial score (nSPS) is 15.0. The maximum Gasteiger partial charge on any atom is 0.408 e. The first-order valence-electron chi connectivity index (χ1n) is 11.7.